The summed E-state index contributed by atoms with van der Waals surface area (Å²) in [7, 11) is 0. The molecule has 3 N–H and O–H groups in total. The minimum Gasteiger partial charge on any atom is -0.494 e. The highest BCUT2D eigenvalue weighted by Crippen LogP contribution is 2.38. The standard InChI is InChI=1S/C15H17F2NO2/c1-2-20-12-8-7-10-5-3-4-6-11(10)13(12)14(18)15(16,17)9-19/h3-8,14,19H,2,9,18H2,1H3/t14-/m0/s1. The van der Waals surface area contributed by atoms with Gasteiger partial charge in [0.05, 0.1) is 6.61 Å². The van der Waals surface area contributed by atoms with Crippen molar-refractivity contribution < 1.29 is 18.6 Å². The van der Waals surface area contributed by atoms with E-state index in [4.69, 9.17) is 15.6 Å². The van der Waals surface area contributed by atoms with Crippen molar-refractivity contribution in [2.24, 2.45) is 5.73 Å². The van der Waals surface area contributed by atoms with Gasteiger partial charge in [-0.05, 0) is 23.8 Å². The smallest absolute Gasteiger partial charge is 0.289 e. The van der Waals surface area contributed by atoms with E-state index in [-0.39, 0.29) is 5.56 Å². The van der Waals surface area contributed by atoms with Crippen LogP contribution in [0.4, 0.5) is 8.78 Å². The average Bonchev–Trinajstić information content (AvgIpc) is 2.46. The maximum atomic E-state index is 13.7. The monoisotopic (exact) mass is 281 g/mol. The number of fused-ring (bicyclic) bond motifs is 1. The zero-order valence-electron chi connectivity index (χ0n) is 11.1. The number of hydrogen-bond acceptors (Lipinski definition) is 3. The van der Waals surface area contributed by atoms with E-state index >= 15 is 0 Å². The largest absolute Gasteiger partial charge is 0.494 e. The first-order valence-electron chi connectivity index (χ1n) is 6.40. The van der Waals surface area contributed by atoms with Gasteiger partial charge in [0.1, 0.15) is 18.4 Å². The van der Waals surface area contributed by atoms with Gasteiger partial charge in [-0.2, -0.15) is 0 Å². The van der Waals surface area contributed by atoms with Crippen LogP contribution < -0.4 is 10.5 Å². The number of halogens is 2. The molecule has 0 aliphatic heterocycles. The molecule has 0 heterocycles. The van der Waals surface area contributed by atoms with Crippen molar-refractivity contribution >= 4 is 10.8 Å². The summed E-state index contributed by atoms with van der Waals surface area (Å²) in [6.07, 6.45) is 0. The van der Waals surface area contributed by atoms with Crippen LogP contribution in [0.2, 0.25) is 0 Å². The fourth-order valence-corrected chi connectivity index (χ4v) is 2.19. The van der Waals surface area contributed by atoms with E-state index in [1.54, 1.807) is 31.2 Å². The van der Waals surface area contributed by atoms with E-state index in [9.17, 15) is 8.78 Å². The molecule has 1 atom stereocenters. The molecule has 2 rings (SSSR count). The molecule has 20 heavy (non-hydrogen) atoms. The van der Waals surface area contributed by atoms with Crippen molar-refractivity contribution in [3.05, 3.63) is 42.0 Å². The number of rotatable bonds is 5. The fraction of sp³-hybridized carbons (Fsp3) is 0.333. The molecule has 3 nitrogen and oxygen atoms in total. The van der Waals surface area contributed by atoms with Gasteiger partial charge in [0.25, 0.3) is 5.92 Å². The van der Waals surface area contributed by atoms with Crippen LogP contribution in [0.3, 0.4) is 0 Å². The lowest BCUT2D eigenvalue weighted by Gasteiger charge is -2.25. The Labute approximate surface area is 116 Å². The summed E-state index contributed by atoms with van der Waals surface area (Å²) in [4.78, 5) is 0. The SMILES string of the molecule is CCOc1ccc2ccccc2c1[C@H](N)C(F)(F)CO. The minimum atomic E-state index is -3.41. The van der Waals surface area contributed by atoms with E-state index in [2.05, 4.69) is 0 Å². The Balaban J connectivity index is 2.66. The summed E-state index contributed by atoms with van der Waals surface area (Å²) < 4.78 is 32.9. The Morgan fingerprint density at radius 2 is 1.95 bits per heavy atom. The summed E-state index contributed by atoms with van der Waals surface area (Å²) in [5.41, 5.74) is 5.92. The first-order chi connectivity index (χ1) is 9.51. The van der Waals surface area contributed by atoms with Crippen molar-refractivity contribution in [2.45, 2.75) is 18.9 Å². The molecule has 0 aliphatic rings. The number of aliphatic hydroxyl groups excluding tert-OH is 1. The lowest BCUT2D eigenvalue weighted by atomic mass is 9.94. The van der Waals surface area contributed by atoms with E-state index in [1.165, 1.54) is 0 Å². The normalized spacial score (nSPS) is 13.4. The predicted octanol–water partition coefficient (Wildman–Crippen LogP) is 2.87. The number of ether oxygens (including phenoxy) is 1. The summed E-state index contributed by atoms with van der Waals surface area (Å²) in [6.45, 7) is 0.820. The van der Waals surface area contributed by atoms with Crippen molar-refractivity contribution in [2.75, 3.05) is 13.2 Å². The molecule has 2 aromatic rings. The van der Waals surface area contributed by atoms with Gasteiger partial charge < -0.3 is 15.6 Å². The van der Waals surface area contributed by atoms with Gasteiger partial charge in [-0.15, -0.1) is 0 Å². The Kier molecular flexibility index (Phi) is 4.20. The summed E-state index contributed by atoms with van der Waals surface area (Å²) >= 11 is 0. The molecular formula is C15H17F2NO2. The number of nitrogens with two attached hydrogens (primary N) is 1. The third kappa shape index (κ3) is 2.59. The zero-order valence-corrected chi connectivity index (χ0v) is 11.1. The van der Waals surface area contributed by atoms with E-state index in [1.807, 2.05) is 12.1 Å². The van der Waals surface area contributed by atoms with Gasteiger partial charge in [0.15, 0.2) is 0 Å². The number of alkyl halides is 2. The molecule has 0 radical (unpaired) electrons. The van der Waals surface area contributed by atoms with Crippen molar-refractivity contribution in [3.63, 3.8) is 0 Å². The third-order valence-corrected chi connectivity index (χ3v) is 3.21. The first kappa shape index (κ1) is 14.7. The molecule has 0 spiro atoms. The van der Waals surface area contributed by atoms with Crippen LogP contribution in [-0.2, 0) is 0 Å². The second-order valence-corrected chi connectivity index (χ2v) is 4.53. The zero-order chi connectivity index (χ0) is 14.8. The van der Waals surface area contributed by atoms with Gasteiger partial charge in [-0.1, -0.05) is 30.3 Å². The summed E-state index contributed by atoms with van der Waals surface area (Å²) in [5, 5.41) is 10.3. The minimum absolute atomic E-state index is 0.226. The highest BCUT2D eigenvalue weighted by Gasteiger charge is 2.39. The lowest BCUT2D eigenvalue weighted by Crippen LogP contribution is -2.36. The maximum Gasteiger partial charge on any atom is 0.289 e. The Hall–Kier alpha value is -1.72. The van der Waals surface area contributed by atoms with Crippen LogP contribution in [-0.4, -0.2) is 24.2 Å². The molecular weight excluding hydrogens is 264 g/mol. The first-order valence-corrected chi connectivity index (χ1v) is 6.40. The molecule has 0 bridgehead atoms. The molecule has 108 valence electrons. The van der Waals surface area contributed by atoms with Gasteiger partial charge in [0.2, 0.25) is 0 Å². The fourth-order valence-electron chi connectivity index (χ4n) is 2.19. The van der Waals surface area contributed by atoms with Gasteiger partial charge >= 0.3 is 0 Å². The Morgan fingerprint density at radius 3 is 2.60 bits per heavy atom. The predicted molar refractivity (Wildman–Crippen MR) is 74.1 cm³/mol. The molecule has 0 aliphatic carbocycles. The highest BCUT2D eigenvalue weighted by molar-refractivity contribution is 5.88. The molecule has 0 amide bonds. The Morgan fingerprint density at radius 1 is 1.25 bits per heavy atom. The van der Waals surface area contributed by atoms with Gasteiger partial charge in [-0.25, -0.2) is 8.78 Å². The average molecular weight is 281 g/mol. The van der Waals surface area contributed by atoms with Crippen LogP contribution in [0.5, 0.6) is 5.75 Å². The highest BCUT2D eigenvalue weighted by atomic mass is 19.3. The lowest BCUT2D eigenvalue weighted by molar-refractivity contribution is -0.0713. The molecule has 0 aromatic heterocycles. The van der Waals surface area contributed by atoms with Crippen LogP contribution in [0, 0.1) is 0 Å². The molecule has 0 saturated heterocycles. The van der Waals surface area contributed by atoms with Crippen LogP contribution in [0.1, 0.15) is 18.5 Å². The van der Waals surface area contributed by atoms with E-state index in [0.717, 1.165) is 5.39 Å². The molecule has 0 unspecified atom stereocenters. The van der Waals surface area contributed by atoms with Crippen molar-refractivity contribution in [1.82, 2.24) is 0 Å². The quantitative estimate of drug-likeness (QED) is 0.886. The van der Waals surface area contributed by atoms with Crippen molar-refractivity contribution in [1.29, 1.82) is 0 Å². The molecule has 5 heteroatoms. The number of hydrogen-bond donors (Lipinski definition) is 2. The van der Waals surface area contributed by atoms with Gasteiger partial charge in [-0.3, -0.25) is 0 Å². The van der Waals surface area contributed by atoms with Crippen molar-refractivity contribution in [3.8, 4) is 5.75 Å². The number of benzene rings is 2. The van der Waals surface area contributed by atoms with Crippen LogP contribution in [0.25, 0.3) is 10.8 Å². The van der Waals surface area contributed by atoms with Crippen LogP contribution >= 0.6 is 0 Å². The topological polar surface area (TPSA) is 55.5 Å². The summed E-state index contributed by atoms with van der Waals surface area (Å²) in [6, 6.07) is 8.93. The van der Waals surface area contributed by atoms with E-state index in [0.29, 0.717) is 17.7 Å². The second-order valence-electron chi connectivity index (χ2n) is 4.53. The Bertz CT molecular complexity index is 601. The molecule has 0 fully saturated rings. The number of aliphatic hydroxyl groups is 1. The van der Waals surface area contributed by atoms with Crippen LogP contribution in [0.15, 0.2) is 36.4 Å². The third-order valence-electron chi connectivity index (χ3n) is 3.21. The molecule has 0 saturated carbocycles. The van der Waals surface area contributed by atoms with Gasteiger partial charge in [0, 0.05) is 5.56 Å². The second kappa shape index (κ2) is 5.73. The van der Waals surface area contributed by atoms with E-state index < -0.39 is 18.6 Å². The summed E-state index contributed by atoms with van der Waals surface area (Å²) in [5.74, 6) is -3.08. The maximum absolute atomic E-state index is 13.7. The molecule has 2 aromatic carbocycles.